The number of aromatic amines is 2. The Hall–Kier alpha value is -4.71. The number of carbonyl (C=O) groups excluding carboxylic acids is 2. The highest BCUT2D eigenvalue weighted by Crippen LogP contribution is 2.40. The summed E-state index contributed by atoms with van der Waals surface area (Å²) in [6, 6.07) is 23.2. The lowest BCUT2D eigenvalue weighted by Crippen LogP contribution is -2.26. The molecule has 3 heterocycles. The fourth-order valence-electron chi connectivity index (χ4n) is 4.55. The van der Waals surface area contributed by atoms with Crippen molar-refractivity contribution < 1.29 is 9.59 Å². The van der Waals surface area contributed by atoms with Gasteiger partial charge in [0.2, 0.25) is 0 Å². The molecular formula is C28H20N4O2. The van der Waals surface area contributed by atoms with Crippen LogP contribution in [-0.4, -0.2) is 33.0 Å². The lowest BCUT2D eigenvalue weighted by Gasteiger charge is -2.08. The molecule has 0 fully saturated rings. The predicted octanol–water partition coefficient (Wildman–Crippen LogP) is 5.27. The Balaban J connectivity index is 1.54. The molecule has 6 nitrogen and oxygen atoms in total. The highest BCUT2D eigenvalue weighted by Gasteiger charge is 2.41. The lowest BCUT2D eigenvalue weighted by atomic mass is 9.95. The van der Waals surface area contributed by atoms with Crippen molar-refractivity contribution in [2.24, 2.45) is 5.10 Å². The molecule has 1 aliphatic heterocycles. The van der Waals surface area contributed by atoms with Gasteiger partial charge in [-0.05, 0) is 24.6 Å². The molecule has 0 bridgehead atoms. The number of hydrazone groups is 1. The molecule has 2 N–H and O–H groups in total. The summed E-state index contributed by atoms with van der Waals surface area (Å²) in [6.45, 7) is 1.98. The molecule has 0 atom stereocenters. The van der Waals surface area contributed by atoms with E-state index in [0.717, 1.165) is 37.9 Å². The number of nitrogens with one attached hydrogen (secondary N) is 2. The van der Waals surface area contributed by atoms with Gasteiger partial charge in [0.1, 0.15) is 0 Å². The first-order valence-electron chi connectivity index (χ1n) is 11.0. The predicted molar refractivity (Wildman–Crippen MR) is 134 cm³/mol. The van der Waals surface area contributed by atoms with Crippen LogP contribution in [0.5, 0.6) is 0 Å². The van der Waals surface area contributed by atoms with Crippen LogP contribution in [0.25, 0.3) is 33.0 Å². The van der Waals surface area contributed by atoms with Gasteiger partial charge < -0.3 is 9.97 Å². The maximum atomic E-state index is 13.7. The van der Waals surface area contributed by atoms with Gasteiger partial charge in [0, 0.05) is 45.3 Å². The summed E-state index contributed by atoms with van der Waals surface area (Å²) in [5, 5.41) is 7.04. The number of rotatable bonds is 4. The van der Waals surface area contributed by atoms with E-state index in [1.54, 1.807) is 18.6 Å². The van der Waals surface area contributed by atoms with Gasteiger partial charge in [0.25, 0.3) is 11.8 Å². The van der Waals surface area contributed by atoms with E-state index >= 15 is 0 Å². The summed E-state index contributed by atoms with van der Waals surface area (Å²) in [7, 11) is 0. The number of amides is 2. The Morgan fingerprint density at radius 3 is 1.85 bits per heavy atom. The first-order valence-corrected chi connectivity index (χ1v) is 11.0. The van der Waals surface area contributed by atoms with Gasteiger partial charge in [-0.1, -0.05) is 66.2 Å². The fourth-order valence-corrected chi connectivity index (χ4v) is 4.55. The average molecular weight is 444 g/mol. The summed E-state index contributed by atoms with van der Waals surface area (Å²) in [4.78, 5) is 33.8. The van der Waals surface area contributed by atoms with E-state index in [1.807, 2.05) is 79.7 Å². The maximum Gasteiger partial charge on any atom is 0.283 e. The van der Waals surface area contributed by atoms with Gasteiger partial charge in [-0.15, -0.1) is 0 Å². The summed E-state index contributed by atoms with van der Waals surface area (Å²) in [5.41, 5.74) is 5.72. The first-order chi connectivity index (χ1) is 16.6. The third-order valence-electron chi connectivity index (χ3n) is 6.14. The standard InChI is InChI=1S/C28H20N4O2/c1-17-7-6-8-18(13-17)14-31-32-27(33)25(21-15-29-23-11-4-2-9-19(21)23)26(28(32)34)22-16-30-24-12-5-3-10-20(22)24/h2-16,29-30H,1H3/b31-14+. The molecule has 6 rings (SSSR count). The SMILES string of the molecule is Cc1cccc(/C=N/N2C(=O)C(c3c[nH]c4ccccc34)=C(c3c[nH]c4ccccc34)C2=O)c1. The minimum absolute atomic E-state index is 0.341. The minimum atomic E-state index is -0.445. The van der Waals surface area contributed by atoms with E-state index in [-0.39, 0.29) is 0 Å². The smallest absolute Gasteiger partial charge is 0.283 e. The highest BCUT2D eigenvalue weighted by atomic mass is 16.2. The number of aromatic nitrogens is 2. The van der Waals surface area contributed by atoms with Crippen molar-refractivity contribution in [2.45, 2.75) is 6.92 Å². The summed E-state index contributed by atoms with van der Waals surface area (Å²) in [5.74, 6) is -0.891. The van der Waals surface area contributed by atoms with Crippen molar-refractivity contribution in [1.29, 1.82) is 0 Å². The van der Waals surface area contributed by atoms with Crippen molar-refractivity contribution in [3.8, 4) is 0 Å². The number of hydrogen-bond acceptors (Lipinski definition) is 3. The quantitative estimate of drug-likeness (QED) is 0.292. The Morgan fingerprint density at radius 1 is 0.735 bits per heavy atom. The highest BCUT2D eigenvalue weighted by molar-refractivity contribution is 6.50. The van der Waals surface area contributed by atoms with Crippen molar-refractivity contribution in [3.05, 3.63) is 107 Å². The van der Waals surface area contributed by atoms with Crippen LogP contribution in [0.1, 0.15) is 22.3 Å². The van der Waals surface area contributed by atoms with Crippen LogP contribution in [0.15, 0.2) is 90.3 Å². The third kappa shape index (κ3) is 3.08. The number of para-hydroxylation sites is 2. The number of imide groups is 1. The Bertz CT molecular complexity index is 1570. The molecule has 5 aromatic rings. The van der Waals surface area contributed by atoms with E-state index in [9.17, 15) is 9.59 Å². The van der Waals surface area contributed by atoms with E-state index in [1.165, 1.54) is 0 Å². The largest absolute Gasteiger partial charge is 0.361 e. The molecule has 0 saturated carbocycles. The van der Waals surface area contributed by atoms with Crippen LogP contribution in [-0.2, 0) is 9.59 Å². The van der Waals surface area contributed by atoms with Crippen molar-refractivity contribution in [3.63, 3.8) is 0 Å². The van der Waals surface area contributed by atoms with Crippen LogP contribution in [0.4, 0.5) is 0 Å². The lowest BCUT2D eigenvalue weighted by molar-refractivity contribution is -0.135. The number of fused-ring (bicyclic) bond motifs is 2. The second-order valence-electron chi connectivity index (χ2n) is 8.33. The molecule has 164 valence electrons. The number of benzene rings is 3. The van der Waals surface area contributed by atoms with Crippen LogP contribution in [0.2, 0.25) is 0 Å². The van der Waals surface area contributed by atoms with E-state index in [4.69, 9.17) is 0 Å². The van der Waals surface area contributed by atoms with Crippen LogP contribution < -0.4 is 0 Å². The van der Waals surface area contributed by atoms with E-state index < -0.39 is 11.8 Å². The molecule has 6 heteroatoms. The van der Waals surface area contributed by atoms with Gasteiger partial charge in [-0.3, -0.25) is 9.59 Å². The second kappa shape index (κ2) is 7.71. The first kappa shape index (κ1) is 19.9. The van der Waals surface area contributed by atoms with Crippen LogP contribution in [0, 0.1) is 6.92 Å². The second-order valence-corrected chi connectivity index (χ2v) is 8.33. The van der Waals surface area contributed by atoms with Gasteiger partial charge >= 0.3 is 0 Å². The van der Waals surface area contributed by atoms with Gasteiger partial charge in [0.05, 0.1) is 17.4 Å². The number of aryl methyl sites for hydroxylation is 1. The van der Waals surface area contributed by atoms with E-state index in [0.29, 0.717) is 22.3 Å². The third-order valence-corrected chi connectivity index (χ3v) is 6.14. The molecule has 0 saturated heterocycles. The Labute approximate surface area is 195 Å². The van der Waals surface area contributed by atoms with Crippen molar-refractivity contribution in [2.75, 3.05) is 0 Å². The molecule has 3 aromatic carbocycles. The zero-order valence-electron chi connectivity index (χ0n) is 18.4. The average Bonchev–Trinajstić information content (AvgIpc) is 3.52. The van der Waals surface area contributed by atoms with E-state index in [2.05, 4.69) is 15.1 Å². The topological polar surface area (TPSA) is 81.3 Å². The van der Waals surface area contributed by atoms with Crippen LogP contribution >= 0.6 is 0 Å². The molecule has 2 aromatic heterocycles. The molecule has 0 spiro atoms. The van der Waals surface area contributed by atoms with Crippen LogP contribution in [0.3, 0.4) is 0 Å². The minimum Gasteiger partial charge on any atom is -0.361 e. The Kier molecular flexibility index (Phi) is 4.52. The molecule has 0 radical (unpaired) electrons. The summed E-state index contributed by atoms with van der Waals surface area (Å²) >= 11 is 0. The molecule has 0 unspecified atom stereocenters. The number of nitrogens with zero attached hydrogens (tertiary/aromatic N) is 2. The number of hydrogen-bond donors (Lipinski definition) is 2. The van der Waals surface area contributed by atoms with Crippen molar-refractivity contribution >= 4 is 51.0 Å². The molecule has 34 heavy (non-hydrogen) atoms. The molecule has 0 aliphatic carbocycles. The normalized spacial score (nSPS) is 14.4. The Morgan fingerprint density at radius 2 is 1.29 bits per heavy atom. The monoisotopic (exact) mass is 444 g/mol. The number of H-pyrrole nitrogens is 2. The summed E-state index contributed by atoms with van der Waals surface area (Å²) < 4.78 is 0. The fraction of sp³-hybridized carbons (Fsp3) is 0.0357. The molecule has 2 amide bonds. The maximum absolute atomic E-state index is 13.7. The zero-order chi connectivity index (χ0) is 23.2. The number of carbonyl (C=O) groups is 2. The summed E-state index contributed by atoms with van der Waals surface area (Å²) in [6.07, 6.45) is 5.12. The van der Waals surface area contributed by atoms with Gasteiger partial charge in [-0.2, -0.15) is 10.1 Å². The van der Waals surface area contributed by atoms with Gasteiger partial charge in [0.15, 0.2) is 0 Å². The van der Waals surface area contributed by atoms with Crippen molar-refractivity contribution in [1.82, 2.24) is 15.0 Å². The molecule has 1 aliphatic rings. The molecular weight excluding hydrogens is 424 g/mol. The zero-order valence-corrected chi connectivity index (χ0v) is 18.4. The van der Waals surface area contributed by atoms with Gasteiger partial charge in [-0.25, -0.2) is 0 Å².